The Bertz CT molecular complexity index is 983. The lowest BCUT2D eigenvalue weighted by atomic mass is 9.97. The van der Waals surface area contributed by atoms with Crippen LogP contribution in [0.2, 0.25) is 0 Å². The molecule has 0 aromatic heterocycles. The van der Waals surface area contributed by atoms with Crippen molar-refractivity contribution in [2.24, 2.45) is 0 Å². The number of rotatable bonds is 6. The lowest BCUT2D eigenvalue weighted by Crippen LogP contribution is -2.45. The van der Waals surface area contributed by atoms with Gasteiger partial charge < -0.3 is 19.7 Å². The molecule has 3 amide bonds. The highest BCUT2D eigenvalue weighted by molar-refractivity contribution is 6.03. The van der Waals surface area contributed by atoms with Gasteiger partial charge in [-0.15, -0.1) is 0 Å². The average molecular weight is 444 g/mol. The number of esters is 1. The maximum Gasteiger partial charge on any atom is 0.408 e. The Morgan fingerprint density at radius 1 is 1.03 bits per heavy atom. The van der Waals surface area contributed by atoms with Crippen molar-refractivity contribution in [3.63, 3.8) is 0 Å². The zero-order valence-electron chi connectivity index (χ0n) is 19.9. The van der Waals surface area contributed by atoms with E-state index < -0.39 is 23.7 Å². The molecule has 0 bridgehead atoms. The highest BCUT2D eigenvalue weighted by Gasteiger charge is 2.26. The number of alkyl carbamates (subject to hydrolysis) is 1. The number of urea groups is 1. The van der Waals surface area contributed by atoms with E-state index in [1.54, 1.807) is 44.7 Å². The molecule has 0 fully saturated rings. The largest absolute Gasteiger partial charge is 0.467 e. The molecule has 32 heavy (non-hydrogen) atoms. The summed E-state index contributed by atoms with van der Waals surface area (Å²) < 4.78 is 10.2. The smallest absolute Gasteiger partial charge is 0.408 e. The first-order valence-corrected chi connectivity index (χ1v) is 10.5. The number of hydrogen-bond donors (Lipinski definition) is 1. The van der Waals surface area contributed by atoms with Gasteiger partial charge in [-0.3, -0.25) is 4.90 Å². The number of hydrogen-bond acceptors (Lipinski definition) is 5. The summed E-state index contributed by atoms with van der Waals surface area (Å²) in [5, 5.41) is 4.35. The van der Waals surface area contributed by atoms with Crippen molar-refractivity contribution in [2.45, 2.75) is 45.8 Å². The van der Waals surface area contributed by atoms with Gasteiger partial charge in [0.2, 0.25) is 0 Å². The molecule has 0 spiro atoms. The number of ether oxygens (including phenoxy) is 2. The summed E-state index contributed by atoms with van der Waals surface area (Å²) in [6.45, 7) is 7.76. The molecule has 0 aliphatic carbocycles. The number of fused-ring (bicyclic) bond motifs is 1. The molecule has 0 heterocycles. The zero-order chi connectivity index (χ0) is 24.1. The molecule has 1 atom stereocenters. The SMILES string of the molecule is CCN(C)C(=O)N(C)c1cccc2c(C[C@H](NC(=O)OC(C)(C)C)C(=O)OC)cccc12. The summed E-state index contributed by atoms with van der Waals surface area (Å²) in [5.41, 5.74) is 0.895. The summed E-state index contributed by atoms with van der Waals surface area (Å²) in [5.74, 6) is -0.569. The maximum atomic E-state index is 12.7. The van der Waals surface area contributed by atoms with E-state index in [1.165, 1.54) is 7.11 Å². The second-order valence-electron chi connectivity index (χ2n) is 8.57. The van der Waals surface area contributed by atoms with Gasteiger partial charge in [0, 0.05) is 32.4 Å². The van der Waals surface area contributed by atoms with Crippen LogP contribution in [-0.2, 0) is 20.7 Å². The fraction of sp³-hybridized carbons (Fsp3) is 0.458. The van der Waals surface area contributed by atoms with Crippen molar-refractivity contribution in [2.75, 3.05) is 32.6 Å². The third-order valence-corrected chi connectivity index (χ3v) is 5.04. The van der Waals surface area contributed by atoms with Crippen molar-refractivity contribution < 1.29 is 23.9 Å². The minimum Gasteiger partial charge on any atom is -0.467 e. The van der Waals surface area contributed by atoms with E-state index in [4.69, 9.17) is 9.47 Å². The predicted molar refractivity (Wildman–Crippen MR) is 125 cm³/mol. The number of methoxy groups -OCH3 is 1. The lowest BCUT2D eigenvalue weighted by Gasteiger charge is -2.26. The summed E-state index contributed by atoms with van der Waals surface area (Å²) in [4.78, 5) is 40.5. The molecule has 8 heteroatoms. The van der Waals surface area contributed by atoms with Gasteiger partial charge in [0.1, 0.15) is 11.6 Å². The topological polar surface area (TPSA) is 88.2 Å². The fourth-order valence-corrected chi connectivity index (χ4v) is 3.33. The van der Waals surface area contributed by atoms with Crippen LogP contribution in [0.3, 0.4) is 0 Å². The van der Waals surface area contributed by atoms with Crippen LogP contribution in [0.4, 0.5) is 15.3 Å². The molecule has 2 aromatic carbocycles. The Balaban J connectivity index is 2.40. The third kappa shape index (κ3) is 6.12. The number of nitrogens with one attached hydrogen (secondary N) is 1. The van der Waals surface area contributed by atoms with Crippen molar-refractivity contribution in [3.8, 4) is 0 Å². The molecule has 8 nitrogen and oxygen atoms in total. The predicted octanol–water partition coefficient (Wildman–Crippen LogP) is 3.96. The van der Waals surface area contributed by atoms with Gasteiger partial charge in [0.05, 0.1) is 12.8 Å². The second kappa shape index (κ2) is 10.3. The van der Waals surface area contributed by atoms with Gasteiger partial charge in [-0.2, -0.15) is 0 Å². The summed E-state index contributed by atoms with van der Waals surface area (Å²) in [6.07, 6.45) is -0.485. The maximum absolute atomic E-state index is 12.7. The molecular weight excluding hydrogens is 410 g/mol. The molecule has 0 radical (unpaired) electrons. The Labute approximate surface area is 189 Å². The monoisotopic (exact) mass is 443 g/mol. The van der Waals surface area contributed by atoms with Crippen LogP contribution in [0.5, 0.6) is 0 Å². The first-order chi connectivity index (χ1) is 15.0. The summed E-state index contributed by atoms with van der Waals surface area (Å²) >= 11 is 0. The number of carbonyl (C=O) groups excluding carboxylic acids is 3. The zero-order valence-corrected chi connectivity index (χ0v) is 19.9. The molecule has 0 aliphatic rings. The van der Waals surface area contributed by atoms with Gasteiger partial charge in [0.25, 0.3) is 0 Å². The molecule has 2 rings (SSSR count). The average Bonchev–Trinajstić information content (AvgIpc) is 2.74. The van der Waals surface area contributed by atoms with E-state index in [2.05, 4.69) is 5.32 Å². The minimum absolute atomic E-state index is 0.121. The van der Waals surface area contributed by atoms with E-state index in [0.29, 0.717) is 6.54 Å². The van der Waals surface area contributed by atoms with Crippen LogP contribution >= 0.6 is 0 Å². The fourth-order valence-electron chi connectivity index (χ4n) is 3.33. The van der Waals surface area contributed by atoms with Crippen LogP contribution < -0.4 is 10.2 Å². The van der Waals surface area contributed by atoms with Crippen LogP contribution in [0.1, 0.15) is 33.3 Å². The Morgan fingerprint density at radius 3 is 2.25 bits per heavy atom. The van der Waals surface area contributed by atoms with Crippen LogP contribution in [0.25, 0.3) is 10.8 Å². The Morgan fingerprint density at radius 2 is 1.66 bits per heavy atom. The Kier molecular flexibility index (Phi) is 8.08. The van der Waals surface area contributed by atoms with Gasteiger partial charge in [-0.1, -0.05) is 30.3 Å². The molecule has 0 aliphatic heterocycles. The van der Waals surface area contributed by atoms with E-state index in [1.807, 2.05) is 43.3 Å². The van der Waals surface area contributed by atoms with Crippen LogP contribution in [-0.4, -0.2) is 62.4 Å². The van der Waals surface area contributed by atoms with Gasteiger partial charge in [-0.25, -0.2) is 14.4 Å². The van der Waals surface area contributed by atoms with E-state index in [0.717, 1.165) is 22.0 Å². The number of benzene rings is 2. The number of carbonyl (C=O) groups is 3. The normalized spacial score (nSPS) is 12.1. The quantitative estimate of drug-likeness (QED) is 0.683. The molecule has 0 unspecified atom stereocenters. The molecule has 1 N–H and O–H groups in total. The molecular formula is C24H33N3O5. The van der Waals surface area contributed by atoms with E-state index in [9.17, 15) is 14.4 Å². The van der Waals surface area contributed by atoms with E-state index in [-0.39, 0.29) is 12.5 Å². The molecule has 0 saturated heterocycles. The summed E-state index contributed by atoms with van der Waals surface area (Å²) in [6, 6.07) is 10.3. The standard InChI is InChI=1S/C24H33N3O5/c1-8-26(5)23(30)27(6)20-14-10-12-17-16(11-9-13-18(17)20)15-19(21(28)31-7)25-22(29)32-24(2,3)4/h9-14,19H,8,15H2,1-7H3,(H,25,29)/t19-/m0/s1. The minimum atomic E-state index is -0.922. The highest BCUT2D eigenvalue weighted by Crippen LogP contribution is 2.29. The lowest BCUT2D eigenvalue weighted by molar-refractivity contribution is -0.143. The Hall–Kier alpha value is -3.29. The van der Waals surface area contributed by atoms with Crippen LogP contribution in [0, 0.1) is 0 Å². The van der Waals surface area contributed by atoms with Gasteiger partial charge >= 0.3 is 18.1 Å². The number of amides is 3. The van der Waals surface area contributed by atoms with E-state index >= 15 is 0 Å². The summed E-state index contributed by atoms with van der Waals surface area (Å²) in [7, 11) is 4.76. The second-order valence-corrected chi connectivity index (χ2v) is 8.57. The van der Waals surface area contributed by atoms with Crippen LogP contribution in [0.15, 0.2) is 36.4 Å². The van der Waals surface area contributed by atoms with Crippen molar-refractivity contribution in [3.05, 3.63) is 42.0 Å². The van der Waals surface area contributed by atoms with Gasteiger partial charge in [0.15, 0.2) is 0 Å². The van der Waals surface area contributed by atoms with Crippen molar-refractivity contribution in [1.82, 2.24) is 10.2 Å². The van der Waals surface area contributed by atoms with Crippen molar-refractivity contribution in [1.29, 1.82) is 0 Å². The highest BCUT2D eigenvalue weighted by atomic mass is 16.6. The molecule has 0 saturated carbocycles. The van der Waals surface area contributed by atoms with Gasteiger partial charge in [-0.05, 0) is 44.7 Å². The number of anilines is 1. The molecule has 2 aromatic rings. The first-order valence-electron chi connectivity index (χ1n) is 10.5. The number of nitrogens with zero attached hydrogens (tertiary/aromatic N) is 2. The molecule has 174 valence electrons. The first kappa shape index (κ1) is 25.0. The third-order valence-electron chi connectivity index (χ3n) is 5.04. The van der Waals surface area contributed by atoms with Crippen molar-refractivity contribution >= 4 is 34.6 Å².